The summed E-state index contributed by atoms with van der Waals surface area (Å²) in [6.45, 7) is 4.51. The van der Waals surface area contributed by atoms with Crippen LogP contribution in [0.2, 0.25) is 0 Å². The summed E-state index contributed by atoms with van der Waals surface area (Å²) >= 11 is 5.52. The molecule has 0 unspecified atom stereocenters. The van der Waals surface area contributed by atoms with Gasteiger partial charge >= 0.3 is 0 Å². The highest BCUT2D eigenvalue weighted by Crippen LogP contribution is 1.92. The van der Waals surface area contributed by atoms with Gasteiger partial charge in [-0.1, -0.05) is 6.92 Å². The molecule has 0 aliphatic carbocycles. The number of rotatable bonds is 6. The van der Waals surface area contributed by atoms with Crippen molar-refractivity contribution in [2.75, 3.05) is 32.2 Å². The minimum Gasteiger partial charge on any atom is -0.302 e. The first kappa shape index (κ1) is 10.2. The molecule has 0 amide bonds. The van der Waals surface area contributed by atoms with E-state index in [0.717, 1.165) is 19.6 Å². The number of hydrogen-bond donors (Lipinski definition) is 0. The fourth-order valence-electron chi connectivity index (χ4n) is 0.831. The van der Waals surface area contributed by atoms with E-state index < -0.39 is 0 Å². The zero-order chi connectivity index (χ0) is 7.82. The molecule has 0 radical (unpaired) electrons. The standard InChI is InChI=1S/C7H15ClFN/c1-2-10(7-4-8)6-3-5-9/h2-7H2,1H3. The van der Waals surface area contributed by atoms with Crippen molar-refractivity contribution in [3.8, 4) is 0 Å². The summed E-state index contributed by atoms with van der Waals surface area (Å²) in [5.74, 6) is 0.639. The molecule has 0 atom stereocenters. The molecule has 0 bridgehead atoms. The Hall–Kier alpha value is 0.180. The van der Waals surface area contributed by atoms with Crippen molar-refractivity contribution in [3.05, 3.63) is 0 Å². The second-order valence-electron chi connectivity index (χ2n) is 2.17. The minimum absolute atomic E-state index is 0.223. The molecule has 0 saturated carbocycles. The quantitative estimate of drug-likeness (QED) is 0.547. The van der Waals surface area contributed by atoms with Gasteiger partial charge in [0, 0.05) is 19.0 Å². The lowest BCUT2D eigenvalue weighted by Crippen LogP contribution is -2.26. The Morgan fingerprint density at radius 3 is 2.50 bits per heavy atom. The van der Waals surface area contributed by atoms with Crippen molar-refractivity contribution >= 4 is 11.6 Å². The molecule has 0 saturated heterocycles. The highest BCUT2D eigenvalue weighted by atomic mass is 35.5. The average Bonchev–Trinajstić information content (AvgIpc) is 1.98. The van der Waals surface area contributed by atoms with Crippen molar-refractivity contribution in [3.63, 3.8) is 0 Å². The van der Waals surface area contributed by atoms with Crippen molar-refractivity contribution in [1.29, 1.82) is 0 Å². The molecule has 0 N–H and O–H groups in total. The number of halogens is 2. The Kier molecular flexibility index (Phi) is 7.42. The van der Waals surface area contributed by atoms with Gasteiger partial charge in [-0.05, 0) is 13.0 Å². The lowest BCUT2D eigenvalue weighted by molar-refractivity contribution is 0.286. The van der Waals surface area contributed by atoms with Gasteiger partial charge in [-0.2, -0.15) is 0 Å². The highest BCUT2D eigenvalue weighted by Gasteiger charge is 1.98. The molecule has 3 heteroatoms. The van der Waals surface area contributed by atoms with Crippen molar-refractivity contribution in [2.45, 2.75) is 13.3 Å². The third-order valence-corrected chi connectivity index (χ3v) is 1.62. The van der Waals surface area contributed by atoms with E-state index in [0.29, 0.717) is 12.3 Å². The van der Waals surface area contributed by atoms with Gasteiger partial charge in [-0.25, -0.2) is 0 Å². The first-order valence-corrected chi connectivity index (χ1v) is 4.22. The van der Waals surface area contributed by atoms with Crippen LogP contribution in [0.5, 0.6) is 0 Å². The topological polar surface area (TPSA) is 3.24 Å². The average molecular weight is 168 g/mol. The van der Waals surface area contributed by atoms with E-state index in [1.807, 2.05) is 0 Å². The van der Waals surface area contributed by atoms with E-state index in [4.69, 9.17) is 11.6 Å². The van der Waals surface area contributed by atoms with Crippen LogP contribution in [0, 0.1) is 0 Å². The zero-order valence-electron chi connectivity index (χ0n) is 6.45. The summed E-state index contributed by atoms with van der Waals surface area (Å²) in [4.78, 5) is 2.15. The summed E-state index contributed by atoms with van der Waals surface area (Å²) in [5, 5.41) is 0. The maximum Gasteiger partial charge on any atom is 0.0906 e. The van der Waals surface area contributed by atoms with Crippen LogP contribution in [0.3, 0.4) is 0 Å². The van der Waals surface area contributed by atoms with Crippen LogP contribution >= 0.6 is 11.6 Å². The molecule has 0 rings (SSSR count). The molecule has 0 aromatic carbocycles. The van der Waals surface area contributed by atoms with Gasteiger partial charge in [-0.3, -0.25) is 4.39 Å². The molecule has 0 aliphatic heterocycles. The molecular formula is C7H15ClFN. The number of nitrogens with zero attached hydrogens (tertiary/aromatic N) is 1. The van der Waals surface area contributed by atoms with Gasteiger partial charge in [0.1, 0.15) is 0 Å². The van der Waals surface area contributed by atoms with Crippen molar-refractivity contribution in [2.24, 2.45) is 0 Å². The fraction of sp³-hybridized carbons (Fsp3) is 1.00. The lowest BCUT2D eigenvalue weighted by Gasteiger charge is -2.17. The molecule has 0 aromatic rings. The largest absolute Gasteiger partial charge is 0.302 e. The minimum atomic E-state index is -0.223. The van der Waals surface area contributed by atoms with E-state index in [1.165, 1.54) is 0 Å². The fourth-order valence-corrected chi connectivity index (χ4v) is 1.07. The molecule has 10 heavy (non-hydrogen) atoms. The molecule has 0 fully saturated rings. The van der Waals surface area contributed by atoms with Crippen LogP contribution in [0.4, 0.5) is 4.39 Å². The Labute approximate surface area is 67.2 Å². The second-order valence-corrected chi connectivity index (χ2v) is 2.54. The Morgan fingerprint density at radius 2 is 2.10 bits per heavy atom. The third-order valence-electron chi connectivity index (χ3n) is 1.46. The van der Waals surface area contributed by atoms with E-state index in [9.17, 15) is 4.39 Å². The van der Waals surface area contributed by atoms with Gasteiger partial charge in [0.25, 0.3) is 0 Å². The normalized spacial score (nSPS) is 10.8. The first-order valence-electron chi connectivity index (χ1n) is 3.69. The predicted octanol–water partition coefficient (Wildman–Crippen LogP) is 1.91. The van der Waals surface area contributed by atoms with Crippen LogP contribution in [-0.4, -0.2) is 37.1 Å². The zero-order valence-corrected chi connectivity index (χ0v) is 7.20. The Balaban J connectivity index is 3.21. The van der Waals surface area contributed by atoms with Crippen LogP contribution < -0.4 is 0 Å². The van der Waals surface area contributed by atoms with Crippen LogP contribution in [0.25, 0.3) is 0 Å². The third kappa shape index (κ3) is 5.00. The number of alkyl halides is 2. The van der Waals surface area contributed by atoms with Crippen molar-refractivity contribution in [1.82, 2.24) is 4.90 Å². The molecule has 1 nitrogen and oxygen atoms in total. The molecule has 0 spiro atoms. The summed E-state index contributed by atoms with van der Waals surface area (Å²) in [7, 11) is 0. The van der Waals surface area contributed by atoms with Gasteiger partial charge < -0.3 is 4.90 Å². The van der Waals surface area contributed by atoms with Gasteiger partial charge in [0.2, 0.25) is 0 Å². The van der Waals surface area contributed by atoms with Crippen LogP contribution in [-0.2, 0) is 0 Å². The van der Waals surface area contributed by atoms with Crippen LogP contribution in [0.1, 0.15) is 13.3 Å². The summed E-state index contributed by atoms with van der Waals surface area (Å²) in [6.07, 6.45) is 0.630. The first-order chi connectivity index (χ1) is 4.85. The second kappa shape index (κ2) is 7.29. The molecule has 0 aliphatic rings. The SMILES string of the molecule is CCN(CCCl)CCCF. The van der Waals surface area contributed by atoms with Crippen molar-refractivity contribution < 1.29 is 4.39 Å². The molecule has 62 valence electrons. The number of hydrogen-bond acceptors (Lipinski definition) is 1. The maximum absolute atomic E-state index is 11.7. The van der Waals surface area contributed by atoms with E-state index in [2.05, 4.69) is 11.8 Å². The molecule has 0 heterocycles. The highest BCUT2D eigenvalue weighted by molar-refractivity contribution is 6.18. The molecule has 0 aromatic heterocycles. The monoisotopic (exact) mass is 167 g/mol. The van der Waals surface area contributed by atoms with Gasteiger partial charge in [-0.15, -0.1) is 11.6 Å². The maximum atomic E-state index is 11.7. The van der Waals surface area contributed by atoms with E-state index in [-0.39, 0.29) is 6.67 Å². The Morgan fingerprint density at radius 1 is 1.40 bits per heavy atom. The van der Waals surface area contributed by atoms with Gasteiger partial charge in [0.15, 0.2) is 0 Å². The van der Waals surface area contributed by atoms with Gasteiger partial charge in [0.05, 0.1) is 6.67 Å². The van der Waals surface area contributed by atoms with E-state index >= 15 is 0 Å². The Bertz CT molecular complexity index is 70.6. The lowest BCUT2D eigenvalue weighted by atomic mass is 10.4. The van der Waals surface area contributed by atoms with Crippen LogP contribution in [0.15, 0.2) is 0 Å². The molecular weight excluding hydrogens is 153 g/mol. The summed E-state index contributed by atoms with van der Waals surface area (Å²) in [5.41, 5.74) is 0. The smallest absolute Gasteiger partial charge is 0.0906 e. The summed E-state index contributed by atoms with van der Waals surface area (Å²) < 4.78 is 11.7. The summed E-state index contributed by atoms with van der Waals surface area (Å²) in [6, 6.07) is 0. The van der Waals surface area contributed by atoms with E-state index in [1.54, 1.807) is 0 Å². The predicted molar refractivity (Wildman–Crippen MR) is 43.4 cm³/mol.